The first-order valence-corrected chi connectivity index (χ1v) is 25.4. The first-order chi connectivity index (χ1) is 13.2. The number of hydrogen-bond acceptors (Lipinski definition) is 10. The summed E-state index contributed by atoms with van der Waals surface area (Å²) in [4.78, 5) is 8.87. The fourth-order valence-electron chi connectivity index (χ4n) is 1.40. The molecule has 1 saturated heterocycles. The van der Waals surface area contributed by atoms with Gasteiger partial charge in [-0.3, -0.25) is 0 Å². The molecule has 0 aromatic carbocycles. The molecular formula is C15H25ClK3O10P. The van der Waals surface area contributed by atoms with Crippen LogP contribution in [0.1, 0.15) is 13.8 Å². The summed E-state index contributed by atoms with van der Waals surface area (Å²) in [7, 11) is -3.15. The number of aliphatic hydroxyl groups excluding tert-OH is 2. The van der Waals surface area contributed by atoms with Crippen molar-refractivity contribution in [1.82, 2.24) is 0 Å². The summed E-state index contributed by atoms with van der Waals surface area (Å²) in [6.45, 7) is 5.18. The Balaban J connectivity index is -0.000000104. The molecule has 0 aliphatic carbocycles. The van der Waals surface area contributed by atoms with Gasteiger partial charge in [0.2, 0.25) is 0 Å². The molecule has 0 spiro atoms. The summed E-state index contributed by atoms with van der Waals surface area (Å²) >= 11 is 2.50. The van der Waals surface area contributed by atoms with E-state index in [0.29, 0.717) is 19.8 Å². The van der Waals surface area contributed by atoms with Gasteiger partial charge in [-0.25, -0.2) is 4.67 Å². The van der Waals surface area contributed by atoms with Crippen LogP contribution in [0, 0.1) is 24.7 Å². The molecule has 30 heavy (non-hydrogen) atoms. The predicted octanol–water partition coefficient (Wildman–Crippen LogP) is -5.26. The van der Waals surface area contributed by atoms with Crippen molar-refractivity contribution >= 4 is 83.8 Å². The van der Waals surface area contributed by atoms with Crippen molar-refractivity contribution in [3.63, 3.8) is 0 Å². The molecule has 0 saturated carbocycles. The third kappa shape index (κ3) is 36.6. The summed E-state index contributed by atoms with van der Waals surface area (Å²) < 4.78 is 31.9. The zero-order chi connectivity index (χ0) is 22.4. The van der Waals surface area contributed by atoms with Gasteiger partial charge in [0.05, 0.1) is 26.4 Å². The van der Waals surface area contributed by atoms with Crippen LogP contribution in [-0.2, 0) is 28.2 Å². The number of halogens is 1. The molecule has 1 aliphatic rings. The molecule has 0 aromatic rings. The number of aliphatic hydroxyl groups is 2. The quantitative estimate of drug-likeness (QED) is 0.0752. The van der Waals surface area contributed by atoms with E-state index in [-0.39, 0.29) is 89.7 Å². The van der Waals surface area contributed by atoms with Gasteiger partial charge in [-0.1, -0.05) is 11.8 Å². The molecule has 3 atom stereocenters. The van der Waals surface area contributed by atoms with Crippen molar-refractivity contribution in [3.8, 4) is 24.7 Å². The van der Waals surface area contributed by atoms with Gasteiger partial charge >= 0.3 is 123 Å². The van der Waals surface area contributed by atoms with Crippen LogP contribution < -0.4 is 61.5 Å². The van der Waals surface area contributed by atoms with E-state index in [4.69, 9.17) is 52.0 Å². The Kier molecular flexibility index (Phi) is 48.6. The van der Waals surface area contributed by atoms with E-state index in [1.807, 2.05) is 13.8 Å². The molecule has 0 radical (unpaired) electrons. The summed E-state index contributed by atoms with van der Waals surface area (Å²) in [5, 5.41) is 25.4. The molecule has 0 aromatic heterocycles. The number of rotatable bonds is 8. The van der Waals surface area contributed by atoms with Crippen LogP contribution in [0.4, 0.5) is 0 Å². The van der Waals surface area contributed by atoms with Gasteiger partial charge in [0.25, 0.3) is 0 Å². The monoisotopic (exact) mass is 548 g/mol. The number of ether oxygens (including phenoxy) is 4. The Morgan fingerprint density at radius 1 is 1.30 bits per heavy atom. The second kappa shape index (κ2) is 33.1. The standard InChI is InChI=1S/C9H14O3.C6H10O3.ClH.3K.HO4P/c1-4-5-10-6-8-7-11-9(2,3)12-8;1-2-3-9-5-6(8)4-7;;;;;1-4-5(2)3/h1,8H,5-7H2,2-3H3;1,6-8H,3-5H2;1H;;;;1H/q;;;;;+1;/p-1. The molecule has 1 rings (SSSR count). The van der Waals surface area contributed by atoms with Gasteiger partial charge in [0.1, 0.15) is 25.4 Å². The zero-order valence-electron chi connectivity index (χ0n) is 18.1. The average molecular weight is 549 g/mol. The zero-order valence-corrected chi connectivity index (χ0v) is 29.1. The minimum atomic E-state index is -3.15. The molecule has 3 unspecified atom stereocenters. The molecule has 2 N–H and O–H groups in total. The van der Waals surface area contributed by atoms with Crippen LogP contribution in [0.25, 0.3) is 0 Å². The maximum atomic E-state index is 8.87. The predicted molar refractivity (Wildman–Crippen MR) is 105 cm³/mol. The van der Waals surface area contributed by atoms with Crippen LogP contribution in [0.3, 0.4) is 0 Å². The topological polar surface area (TPSA) is 150 Å². The van der Waals surface area contributed by atoms with Crippen molar-refractivity contribution in [3.05, 3.63) is 0 Å². The molecule has 0 amide bonds. The first kappa shape index (κ1) is 44.1. The third-order valence-corrected chi connectivity index (χ3v) is 2.45. The van der Waals surface area contributed by atoms with Gasteiger partial charge in [0, 0.05) is 0 Å². The molecule has 1 heterocycles. The van der Waals surface area contributed by atoms with Crippen LogP contribution in [0.15, 0.2) is 0 Å². The first-order valence-electron chi connectivity index (χ1n) is 8.29. The van der Waals surface area contributed by atoms with Gasteiger partial charge in [0.15, 0.2) is 5.79 Å². The molecule has 160 valence electrons. The average Bonchev–Trinajstić information content (AvgIpc) is 3.03. The molecule has 15 heteroatoms. The minimum absolute atomic E-state index is 0. The number of hydrogen-bond donors (Lipinski definition) is 2. The van der Waals surface area contributed by atoms with Crippen molar-refractivity contribution < 1.29 is 99.9 Å². The van der Waals surface area contributed by atoms with E-state index in [1.54, 1.807) is 0 Å². The molecular weight excluding hydrogens is 524 g/mol. The van der Waals surface area contributed by atoms with Crippen molar-refractivity contribution in [2.24, 2.45) is 0 Å². The fraction of sp³-hybridized carbons (Fsp3) is 0.733. The Hall–Kier alpha value is 4.06. The summed E-state index contributed by atoms with van der Waals surface area (Å²) in [5.41, 5.74) is 0. The molecule has 1 aliphatic heterocycles. The normalized spacial score (nSPS) is 16.7. The van der Waals surface area contributed by atoms with Crippen molar-refractivity contribution in [2.75, 3.05) is 39.6 Å². The van der Waals surface area contributed by atoms with E-state index >= 15 is 0 Å². The summed E-state index contributed by atoms with van der Waals surface area (Å²) in [6.07, 6.45) is 9.07. The third-order valence-electron chi connectivity index (χ3n) is 2.32. The van der Waals surface area contributed by atoms with E-state index in [1.165, 1.54) is 63.2 Å². The van der Waals surface area contributed by atoms with Crippen LogP contribution >= 0.6 is 20.7 Å². The second-order valence-corrected chi connectivity index (χ2v) is 5.62. The van der Waals surface area contributed by atoms with Crippen LogP contribution in [-0.4, -0.2) is 131 Å². The Labute approximate surface area is 273 Å². The van der Waals surface area contributed by atoms with E-state index in [9.17, 15) is 0 Å². The summed E-state index contributed by atoms with van der Waals surface area (Å²) in [5.74, 6) is 4.16. The number of terminal acetylenes is 2. The van der Waals surface area contributed by atoms with Crippen molar-refractivity contribution in [1.29, 1.82) is 0 Å². The SMILES string of the molecule is C#CCOCC(O)CO.C#CCOCC1COC(C)(C)O1.Cl.O=[P+]([O-])O[O-].[K+].[K][K]. The molecule has 0 bridgehead atoms. The second-order valence-electron chi connectivity index (χ2n) is 5.02. The Bertz CT molecular complexity index is 463. The van der Waals surface area contributed by atoms with Gasteiger partial charge in [-0.05, 0) is 18.4 Å². The van der Waals surface area contributed by atoms with E-state index in [0.717, 1.165) is 0 Å². The van der Waals surface area contributed by atoms with Crippen LogP contribution in [0.2, 0.25) is 0 Å². The maximum absolute atomic E-state index is 8.87. The van der Waals surface area contributed by atoms with Gasteiger partial charge < -0.3 is 39.3 Å². The van der Waals surface area contributed by atoms with Crippen molar-refractivity contribution in [2.45, 2.75) is 31.8 Å². The van der Waals surface area contributed by atoms with Crippen LogP contribution in [0.5, 0.6) is 0 Å². The molecule has 10 nitrogen and oxygen atoms in total. The Morgan fingerprint density at radius 2 is 1.77 bits per heavy atom. The van der Waals surface area contributed by atoms with Gasteiger partial charge in [-0.2, -0.15) is 0 Å². The Morgan fingerprint density at radius 3 is 2.10 bits per heavy atom. The van der Waals surface area contributed by atoms with E-state index in [2.05, 4.69) is 21.3 Å². The van der Waals surface area contributed by atoms with Gasteiger partial charge in [-0.15, -0.1) is 25.3 Å². The van der Waals surface area contributed by atoms with E-state index < -0.39 is 20.1 Å². The fourth-order valence-corrected chi connectivity index (χ4v) is 1.40. The molecule has 1 fully saturated rings. The summed E-state index contributed by atoms with van der Waals surface area (Å²) in [6, 6.07) is 0.